The minimum absolute atomic E-state index is 0.229. The Morgan fingerprint density at radius 2 is 1.74 bits per heavy atom. The van der Waals surface area contributed by atoms with Crippen molar-refractivity contribution in [2.24, 2.45) is 0 Å². The molecule has 0 spiro atoms. The molecule has 0 saturated carbocycles. The summed E-state index contributed by atoms with van der Waals surface area (Å²) < 4.78 is 5.06. The molecule has 0 unspecified atom stereocenters. The van der Waals surface area contributed by atoms with Gasteiger partial charge in [-0.25, -0.2) is 0 Å². The van der Waals surface area contributed by atoms with Gasteiger partial charge in [-0.3, -0.25) is 14.5 Å². The van der Waals surface area contributed by atoms with Gasteiger partial charge >= 0.3 is 0 Å². The number of benzene rings is 2. The summed E-state index contributed by atoms with van der Waals surface area (Å²) in [5.41, 5.74) is 3.31. The summed E-state index contributed by atoms with van der Waals surface area (Å²) in [5, 5.41) is 0.624. The molecule has 0 fully saturated rings. The molecule has 0 aromatic heterocycles. The Kier molecular flexibility index (Phi) is 6.05. The molecule has 2 aromatic rings. The summed E-state index contributed by atoms with van der Waals surface area (Å²) in [6, 6.07) is 13.1. The van der Waals surface area contributed by atoms with E-state index in [2.05, 4.69) is 0 Å². The second kappa shape index (κ2) is 8.30. The summed E-state index contributed by atoms with van der Waals surface area (Å²) in [4.78, 5) is 28.6. The summed E-state index contributed by atoms with van der Waals surface area (Å²) >= 11 is 7.25. The van der Waals surface area contributed by atoms with Crippen molar-refractivity contribution in [1.82, 2.24) is 4.90 Å². The Morgan fingerprint density at radius 3 is 2.37 bits per heavy atom. The average Bonchev–Trinajstić information content (AvgIpc) is 2.86. The zero-order chi connectivity index (χ0) is 19.6. The van der Waals surface area contributed by atoms with Crippen LogP contribution in [-0.2, 0) is 14.3 Å². The van der Waals surface area contributed by atoms with Gasteiger partial charge in [-0.05, 0) is 49.2 Å². The van der Waals surface area contributed by atoms with Gasteiger partial charge in [0.15, 0.2) is 0 Å². The molecule has 0 saturated heterocycles. The van der Waals surface area contributed by atoms with Crippen molar-refractivity contribution in [1.29, 1.82) is 0 Å². The number of halogens is 1. The first-order valence-electron chi connectivity index (χ1n) is 8.53. The zero-order valence-electron chi connectivity index (χ0n) is 15.4. The number of hydrogen-bond donors (Lipinski definition) is 0. The van der Waals surface area contributed by atoms with E-state index in [1.54, 1.807) is 19.2 Å². The molecule has 3 rings (SSSR count). The second-order valence-electron chi connectivity index (χ2n) is 6.33. The van der Waals surface area contributed by atoms with Crippen LogP contribution in [0.25, 0.3) is 5.57 Å². The Labute approximate surface area is 168 Å². The van der Waals surface area contributed by atoms with Gasteiger partial charge in [0.1, 0.15) is 0 Å². The highest BCUT2D eigenvalue weighted by atomic mass is 35.5. The van der Waals surface area contributed by atoms with Crippen LogP contribution in [0.5, 0.6) is 0 Å². The van der Waals surface area contributed by atoms with E-state index < -0.39 is 0 Å². The highest BCUT2D eigenvalue weighted by Crippen LogP contribution is 2.40. The van der Waals surface area contributed by atoms with E-state index in [1.807, 2.05) is 44.2 Å². The quantitative estimate of drug-likeness (QED) is 0.670. The lowest BCUT2D eigenvalue weighted by Crippen LogP contribution is -2.34. The summed E-state index contributed by atoms with van der Waals surface area (Å²) in [6.45, 7) is 4.49. The molecule has 4 nitrogen and oxygen atoms in total. The molecule has 2 aromatic carbocycles. The number of rotatable bonds is 6. The fraction of sp³-hybridized carbons (Fsp3) is 0.238. The number of hydrogen-bond acceptors (Lipinski definition) is 4. The maximum atomic E-state index is 13.1. The van der Waals surface area contributed by atoms with E-state index in [0.29, 0.717) is 22.1 Å². The topological polar surface area (TPSA) is 46.6 Å². The predicted molar refractivity (Wildman–Crippen MR) is 109 cm³/mol. The third-order valence-electron chi connectivity index (χ3n) is 4.33. The number of carbonyl (C=O) groups excluding carboxylic acids is 2. The van der Waals surface area contributed by atoms with E-state index in [-0.39, 0.29) is 18.4 Å². The first kappa shape index (κ1) is 19.7. The van der Waals surface area contributed by atoms with Crippen molar-refractivity contribution < 1.29 is 14.3 Å². The third kappa shape index (κ3) is 4.10. The van der Waals surface area contributed by atoms with E-state index in [0.717, 1.165) is 21.6 Å². The largest absolute Gasteiger partial charge is 0.383 e. The van der Waals surface area contributed by atoms with Crippen LogP contribution in [0.2, 0.25) is 5.02 Å². The van der Waals surface area contributed by atoms with Crippen LogP contribution < -0.4 is 0 Å². The Hall–Kier alpha value is -2.08. The maximum Gasteiger partial charge on any atom is 0.268 e. The van der Waals surface area contributed by atoms with Gasteiger partial charge in [0.25, 0.3) is 11.8 Å². The first-order chi connectivity index (χ1) is 12.9. The minimum atomic E-state index is -0.285. The van der Waals surface area contributed by atoms with E-state index in [1.165, 1.54) is 16.7 Å². The molecule has 1 aliphatic rings. The second-order valence-corrected chi connectivity index (χ2v) is 7.85. The summed E-state index contributed by atoms with van der Waals surface area (Å²) in [5.74, 6) is -0.563. The van der Waals surface area contributed by atoms with Gasteiger partial charge < -0.3 is 4.74 Å². The molecule has 0 bridgehead atoms. The standard InChI is InChI=1S/C21H20ClNO3S/c1-13-4-9-17(14(2)12-13)18-19(27-16-7-5-15(22)6-8-16)21(25)23(20(18)24)10-11-26-3/h4-9,12H,10-11H2,1-3H3. The average molecular weight is 402 g/mol. The fourth-order valence-corrected chi connectivity index (χ4v) is 4.12. The van der Waals surface area contributed by atoms with Crippen LogP contribution in [0, 0.1) is 13.8 Å². The lowest BCUT2D eigenvalue weighted by atomic mass is 9.99. The van der Waals surface area contributed by atoms with Gasteiger partial charge in [0.2, 0.25) is 0 Å². The Balaban J connectivity index is 2.07. The van der Waals surface area contributed by atoms with Gasteiger partial charge in [0.05, 0.1) is 23.6 Å². The van der Waals surface area contributed by atoms with Crippen molar-refractivity contribution in [2.75, 3.05) is 20.3 Å². The summed E-state index contributed by atoms with van der Waals surface area (Å²) in [6.07, 6.45) is 0. The molecule has 2 amide bonds. The molecular weight excluding hydrogens is 382 g/mol. The molecule has 140 valence electrons. The minimum Gasteiger partial charge on any atom is -0.383 e. The lowest BCUT2D eigenvalue weighted by molar-refractivity contribution is -0.137. The van der Waals surface area contributed by atoms with Crippen LogP contribution in [0.4, 0.5) is 0 Å². The smallest absolute Gasteiger partial charge is 0.268 e. The molecular formula is C21H20ClNO3S. The third-order valence-corrected chi connectivity index (χ3v) is 5.67. The van der Waals surface area contributed by atoms with Gasteiger partial charge in [-0.15, -0.1) is 0 Å². The van der Waals surface area contributed by atoms with Gasteiger partial charge in [-0.2, -0.15) is 0 Å². The number of imide groups is 1. The van der Waals surface area contributed by atoms with Crippen LogP contribution in [0.1, 0.15) is 16.7 Å². The highest BCUT2D eigenvalue weighted by Gasteiger charge is 2.39. The number of carbonyl (C=O) groups is 2. The lowest BCUT2D eigenvalue weighted by Gasteiger charge is -2.14. The normalized spacial score (nSPS) is 14.4. The Bertz CT molecular complexity index is 922. The van der Waals surface area contributed by atoms with Crippen molar-refractivity contribution in [3.63, 3.8) is 0 Å². The number of amides is 2. The van der Waals surface area contributed by atoms with Crippen LogP contribution >= 0.6 is 23.4 Å². The van der Waals surface area contributed by atoms with E-state index >= 15 is 0 Å². The molecule has 1 heterocycles. The zero-order valence-corrected chi connectivity index (χ0v) is 17.0. The number of aryl methyl sites for hydroxylation is 2. The van der Waals surface area contributed by atoms with E-state index in [9.17, 15) is 9.59 Å². The SMILES string of the molecule is COCCN1C(=O)C(Sc2ccc(Cl)cc2)=C(c2ccc(C)cc2C)C1=O. The number of nitrogens with zero attached hydrogens (tertiary/aromatic N) is 1. The van der Waals surface area contributed by atoms with Crippen molar-refractivity contribution in [2.45, 2.75) is 18.7 Å². The molecule has 0 N–H and O–H groups in total. The molecule has 27 heavy (non-hydrogen) atoms. The Morgan fingerprint density at radius 1 is 1.04 bits per heavy atom. The van der Waals surface area contributed by atoms with Gasteiger partial charge in [-0.1, -0.05) is 47.1 Å². The van der Waals surface area contributed by atoms with Crippen LogP contribution in [0.15, 0.2) is 52.3 Å². The van der Waals surface area contributed by atoms with E-state index in [4.69, 9.17) is 16.3 Å². The summed E-state index contributed by atoms with van der Waals surface area (Å²) in [7, 11) is 1.55. The van der Waals surface area contributed by atoms with Crippen LogP contribution in [0.3, 0.4) is 0 Å². The fourth-order valence-electron chi connectivity index (χ4n) is 2.99. The van der Waals surface area contributed by atoms with Crippen molar-refractivity contribution in [3.8, 4) is 0 Å². The molecule has 6 heteroatoms. The first-order valence-corrected chi connectivity index (χ1v) is 9.72. The van der Waals surface area contributed by atoms with Crippen molar-refractivity contribution >= 4 is 40.8 Å². The number of thioether (sulfide) groups is 1. The van der Waals surface area contributed by atoms with Gasteiger partial charge in [0, 0.05) is 17.0 Å². The monoisotopic (exact) mass is 401 g/mol. The highest BCUT2D eigenvalue weighted by molar-refractivity contribution is 8.04. The molecule has 0 atom stereocenters. The number of methoxy groups -OCH3 is 1. The maximum absolute atomic E-state index is 13.1. The predicted octanol–water partition coefficient (Wildman–Crippen LogP) is 4.48. The molecule has 0 aliphatic carbocycles. The van der Waals surface area contributed by atoms with Crippen LogP contribution in [-0.4, -0.2) is 37.0 Å². The van der Waals surface area contributed by atoms with Crippen molar-refractivity contribution in [3.05, 3.63) is 69.1 Å². The molecule has 1 aliphatic heterocycles. The molecule has 0 radical (unpaired) electrons. The number of ether oxygens (including phenoxy) is 1.